The Morgan fingerprint density at radius 2 is 1.30 bits per heavy atom. The molecule has 0 fully saturated rings. The van der Waals surface area contributed by atoms with E-state index in [9.17, 15) is 9.59 Å². The normalized spacial score (nSPS) is 10.1. The third kappa shape index (κ3) is 3.50. The fraction of sp³-hybridized carbons (Fsp3) is 0. The predicted molar refractivity (Wildman–Crippen MR) is 88.7 cm³/mol. The summed E-state index contributed by atoms with van der Waals surface area (Å²) in [5.74, 6) is 3.47. The first-order chi connectivity index (χ1) is 11.3. The molecule has 3 aromatic rings. The maximum Gasteiger partial charge on any atom is 0.230 e. The van der Waals surface area contributed by atoms with Gasteiger partial charge in [-0.15, -0.1) is 0 Å². The van der Waals surface area contributed by atoms with E-state index < -0.39 is 0 Å². The molecule has 0 aliphatic heterocycles. The largest absolute Gasteiger partial charge is 0.436 e. The second-order valence-corrected chi connectivity index (χ2v) is 6.59. The lowest BCUT2D eigenvalue weighted by atomic mass is 10.4. The van der Waals surface area contributed by atoms with Gasteiger partial charge in [-0.05, 0) is 24.3 Å². The topological polar surface area (TPSA) is 47.3 Å². The summed E-state index contributed by atoms with van der Waals surface area (Å²) < 4.78 is 5.52. The van der Waals surface area contributed by atoms with Gasteiger partial charge in [0.2, 0.25) is 5.42 Å². The van der Waals surface area contributed by atoms with E-state index in [1.807, 2.05) is 60.7 Å². The maximum atomic E-state index is 11.3. The van der Waals surface area contributed by atoms with Crippen molar-refractivity contribution in [2.45, 2.75) is 19.8 Å². The van der Waals surface area contributed by atoms with Gasteiger partial charge in [0.05, 0.1) is 4.90 Å². The van der Waals surface area contributed by atoms with Crippen LogP contribution < -0.4 is 10.6 Å². The summed E-state index contributed by atoms with van der Waals surface area (Å²) >= 11 is 2.72. The van der Waals surface area contributed by atoms with Crippen molar-refractivity contribution in [3.05, 3.63) is 71.3 Å². The number of carbonyl (C=O) groups excluding carboxylic acids is 2. The average molecular weight is 338 g/mol. The van der Waals surface area contributed by atoms with E-state index in [0.29, 0.717) is 9.99 Å². The molecule has 2 aromatic carbocycles. The standard InChI is InChI=1S/C18H10O3S2/c19-11-15-16(12-20)21-18(23-14-9-5-2-6-10-14)17(15)22-13-7-3-1-4-8-13/h1-10H. The first kappa shape index (κ1) is 15.5. The number of hydrogen-bond acceptors (Lipinski definition) is 5. The third-order valence-electron chi connectivity index (χ3n) is 2.95. The lowest BCUT2D eigenvalue weighted by molar-refractivity contribution is 0.431. The minimum absolute atomic E-state index is 0.114. The van der Waals surface area contributed by atoms with Crippen LogP contribution in [0.4, 0.5) is 0 Å². The van der Waals surface area contributed by atoms with E-state index in [1.165, 1.54) is 23.5 Å². The summed E-state index contributed by atoms with van der Waals surface area (Å²) in [5, 5.41) is 0.606. The van der Waals surface area contributed by atoms with Gasteiger partial charge in [-0.1, -0.05) is 59.9 Å². The second-order valence-electron chi connectivity index (χ2n) is 4.46. The van der Waals surface area contributed by atoms with Crippen molar-refractivity contribution in [1.82, 2.24) is 0 Å². The molecule has 23 heavy (non-hydrogen) atoms. The summed E-state index contributed by atoms with van der Waals surface area (Å²) in [6.07, 6.45) is 0. The molecule has 112 valence electrons. The molecule has 0 radical (unpaired) electrons. The van der Waals surface area contributed by atoms with Crippen LogP contribution in [0.5, 0.6) is 0 Å². The van der Waals surface area contributed by atoms with Crippen molar-refractivity contribution in [2.24, 2.45) is 0 Å². The van der Waals surface area contributed by atoms with Crippen LogP contribution in [-0.4, -0.2) is 11.9 Å². The van der Waals surface area contributed by atoms with Crippen molar-refractivity contribution in [1.29, 1.82) is 0 Å². The zero-order valence-electron chi connectivity index (χ0n) is 11.8. The third-order valence-corrected chi connectivity index (χ3v) is 5.16. The molecule has 0 amide bonds. The monoisotopic (exact) mass is 338 g/mol. The predicted octanol–water partition coefficient (Wildman–Crippen LogP) is 2.59. The highest BCUT2D eigenvalue weighted by molar-refractivity contribution is 8.02. The molecule has 0 N–H and O–H groups in total. The van der Waals surface area contributed by atoms with Crippen molar-refractivity contribution in [2.75, 3.05) is 0 Å². The summed E-state index contributed by atoms with van der Waals surface area (Å²) in [6, 6.07) is 19.2. The quantitative estimate of drug-likeness (QED) is 0.732. The van der Waals surface area contributed by atoms with E-state index in [1.54, 1.807) is 11.9 Å². The van der Waals surface area contributed by atoms with Gasteiger partial charge in [0.25, 0.3) is 0 Å². The lowest BCUT2D eigenvalue weighted by Crippen LogP contribution is -2.23. The van der Waals surface area contributed by atoms with Gasteiger partial charge in [0, 0.05) is 9.79 Å². The molecule has 0 unspecified atom stereocenters. The summed E-state index contributed by atoms with van der Waals surface area (Å²) in [4.78, 5) is 24.8. The highest BCUT2D eigenvalue weighted by atomic mass is 32.2. The van der Waals surface area contributed by atoms with Gasteiger partial charge >= 0.3 is 0 Å². The molecule has 0 aliphatic carbocycles. The van der Waals surface area contributed by atoms with Crippen LogP contribution >= 0.6 is 23.5 Å². The number of benzene rings is 2. The van der Waals surface area contributed by atoms with Crippen LogP contribution in [0.15, 0.2) is 84.9 Å². The van der Waals surface area contributed by atoms with E-state index in [2.05, 4.69) is 0 Å². The first-order valence-electron chi connectivity index (χ1n) is 6.70. The fourth-order valence-electron chi connectivity index (χ4n) is 1.92. The van der Waals surface area contributed by atoms with Gasteiger partial charge < -0.3 is 4.42 Å². The highest BCUT2D eigenvalue weighted by Gasteiger charge is 2.16. The first-order valence-corrected chi connectivity index (χ1v) is 8.34. The van der Waals surface area contributed by atoms with Crippen molar-refractivity contribution >= 4 is 35.4 Å². The molecule has 0 saturated carbocycles. The molecular formula is C18H10O3S2. The molecule has 1 aromatic heterocycles. The highest BCUT2D eigenvalue weighted by Crippen LogP contribution is 2.36. The lowest BCUT2D eigenvalue weighted by Gasteiger charge is -2.02. The number of rotatable bonds is 4. The van der Waals surface area contributed by atoms with Crippen LogP contribution in [0.3, 0.4) is 0 Å². The van der Waals surface area contributed by atoms with E-state index in [0.717, 1.165) is 9.79 Å². The minimum Gasteiger partial charge on any atom is -0.436 e. The average Bonchev–Trinajstić information content (AvgIpc) is 2.93. The molecule has 3 nitrogen and oxygen atoms in total. The molecule has 1 heterocycles. The zero-order chi connectivity index (χ0) is 16.1. The smallest absolute Gasteiger partial charge is 0.230 e. The molecule has 0 aliphatic rings. The van der Waals surface area contributed by atoms with Gasteiger partial charge in [-0.2, -0.15) is 0 Å². The zero-order valence-corrected chi connectivity index (χ0v) is 13.4. The number of furan rings is 1. The van der Waals surface area contributed by atoms with Crippen LogP contribution in [-0.2, 0) is 9.59 Å². The Morgan fingerprint density at radius 1 is 0.739 bits per heavy atom. The van der Waals surface area contributed by atoms with Gasteiger partial charge in [0.1, 0.15) is 11.2 Å². The van der Waals surface area contributed by atoms with Crippen LogP contribution in [0, 0.1) is 0 Å². The Bertz CT molecular complexity index is 968. The number of hydrogen-bond donors (Lipinski definition) is 0. The molecule has 0 spiro atoms. The summed E-state index contributed by atoms with van der Waals surface area (Å²) in [5.41, 5.74) is -0.114. The second kappa shape index (κ2) is 7.23. The minimum atomic E-state index is -0.114. The van der Waals surface area contributed by atoms with Crippen LogP contribution in [0.25, 0.3) is 0 Å². The van der Waals surface area contributed by atoms with Crippen molar-refractivity contribution in [3.8, 4) is 0 Å². The molecule has 0 atom stereocenters. The van der Waals surface area contributed by atoms with Crippen molar-refractivity contribution < 1.29 is 14.0 Å². The molecule has 3 rings (SSSR count). The van der Waals surface area contributed by atoms with Crippen LogP contribution in [0.1, 0.15) is 0 Å². The fourth-order valence-corrected chi connectivity index (χ4v) is 3.89. The molecule has 5 heteroatoms. The Balaban J connectivity index is 2.10. The van der Waals surface area contributed by atoms with E-state index >= 15 is 0 Å². The van der Waals surface area contributed by atoms with Gasteiger partial charge in [-0.3, -0.25) is 0 Å². The van der Waals surface area contributed by atoms with Gasteiger partial charge in [0.15, 0.2) is 11.0 Å². The Hall–Kier alpha value is -2.42. The Kier molecular flexibility index (Phi) is 4.86. The van der Waals surface area contributed by atoms with Gasteiger partial charge in [-0.25, -0.2) is 9.59 Å². The maximum absolute atomic E-state index is 11.3. The van der Waals surface area contributed by atoms with E-state index in [4.69, 9.17) is 4.42 Å². The summed E-state index contributed by atoms with van der Waals surface area (Å²) in [7, 11) is 0. The van der Waals surface area contributed by atoms with E-state index in [-0.39, 0.29) is 10.6 Å². The Labute approximate surface area is 140 Å². The molecular weight excluding hydrogens is 328 g/mol. The Morgan fingerprint density at radius 3 is 1.83 bits per heavy atom. The summed E-state index contributed by atoms with van der Waals surface area (Å²) in [6.45, 7) is 0. The van der Waals surface area contributed by atoms with Crippen LogP contribution in [0.2, 0.25) is 0 Å². The molecule has 0 bridgehead atoms. The van der Waals surface area contributed by atoms with Crippen molar-refractivity contribution in [3.63, 3.8) is 0 Å². The SMILES string of the molecule is O=C=c1oc(Sc2ccccc2)c(Sc2ccccc2)c1=C=O. The molecule has 0 saturated heterocycles.